The Morgan fingerprint density at radius 2 is 1.52 bits per heavy atom. The zero-order valence-electron chi connectivity index (χ0n) is 16.6. The zero-order chi connectivity index (χ0) is 20.2. The fraction of sp³-hybridized carbons (Fsp3) is 0.200. The summed E-state index contributed by atoms with van der Waals surface area (Å²) in [7, 11) is -3.67. The number of hydrogen-bond donors (Lipinski definition) is 0. The largest absolute Gasteiger partial charge is 0.268 e. The molecule has 29 heavy (non-hydrogen) atoms. The maximum atomic E-state index is 13.7. The van der Waals surface area contributed by atoms with Gasteiger partial charge < -0.3 is 0 Å². The number of aryl methyl sites for hydroxylation is 2. The molecule has 1 aliphatic rings. The molecule has 4 heteroatoms. The van der Waals surface area contributed by atoms with E-state index in [1.807, 2.05) is 37.3 Å². The van der Waals surface area contributed by atoms with Crippen LogP contribution in [0.15, 0.2) is 77.7 Å². The number of benzene rings is 3. The normalized spacial score (nSPS) is 16.3. The first-order chi connectivity index (χ1) is 13.9. The number of hydrogen-bond acceptors (Lipinski definition) is 2. The highest BCUT2D eigenvalue weighted by Gasteiger charge is 2.33. The quantitative estimate of drug-likeness (QED) is 0.462. The minimum absolute atomic E-state index is 0.311. The fourth-order valence-electron chi connectivity index (χ4n) is 4.53. The highest BCUT2D eigenvalue weighted by Crippen LogP contribution is 2.41. The summed E-state index contributed by atoms with van der Waals surface area (Å²) in [6.07, 6.45) is 1.61. The average molecular weight is 402 g/mol. The van der Waals surface area contributed by atoms with E-state index in [2.05, 4.69) is 37.3 Å². The molecular formula is C25H23NO2S. The molecule has 3 nitrogen and oxygen atoms in total. The van der Waals surface area contributed by atoms with Gasteiger partial charge in [-0.05, 0) is 68.0 Å². The lowest BCUT2D eigenvalue weighted by atomic mass is 9.96. The summed E-state index contributed by atoms with van der Waals surface area (Å²) in [4.78, 5) is 0.339. The van der Waals surface area contributed by atoms with E-state index in [1.54, 1.807) is 16.1 Å². The monoisotopic (exact) mass is 401 g/mol. The van der Waals surface area contributed by atoms with Gasteiger partial charge in [-0.1, -0.05) is 59.7 Å². The van der Waals surface area contributed by atoms with Crippen LogP contribution in [0.1, 0.15) is 33.9 Å². The summed E-state index contributed by atoms with van der Waals surface area (Å²) in [5.74, 6) is 0.311. The van der Waals surface area contributed by atoms with E-state index in [-0.39, 0.29) is 0 Å². The molecular weight excluding hydrogens is 378 g/mol. The van der Waals surface area contributed by atoms with E-state index in [0.29, 0.717) is 10.8 Å². The first-order valence-corrected chi connectivity index (χ1v) is 11.4. The van der Waals surface area contributed by atoms with Crippen molar-refractivity contribution in [3.05, 3.63) is 101 Å². The van der Waals surface area contributed by atoms with Gasteiger partial charge in [0.2, 0.25) is 0 Å². The Hall–Kier alpha value is -2.85. The second-order valence-corrected chi connectivity index (χ2v) is 9.83. The Bertz CT molecular complexity index is 1320. The van der Waals surface area contributed by atoms with Crippen molar-refractivity contribution in [3.8, 4) is 0 Å². The molecule has 0 radical (unpaired) electrons. The lowest BCUT2D eigenvalue weighted by molar-refractivity contribution is 0.586. The van der Waals surface area contributed by atoms with Crippen LogP contribution in [0.5, 0.6) is 0 Å². The summed E-state index contributed by atoms with van der Waals surface area (Å²) >= 11 is 0. The third-order valence-corrected chi connectivity index (χ3v) is 7.78. The van der Waals surface area contributed by atoms with E-state index < -0.39 is 10.0 Å². The Kier molecular flexibility index (Phi) is 4.14. The molecule has 0 fully saturated rings. The molecule has 1 heterocycles. The molecule has 0 aliphatic heterocycles. The first-order valence-electron chi connectivity index (χ1n) is 9.95. The topological polar surface area (TPSA) is 39.1 Å². The van der Waals surface area contributed by atoms with Gasteiger partial charge in [-0.3, -0.25) is 0 Å². The Morgan fingerprint density at radius 1 is 0.828 bits per heavy atom. The molecule has 146 valence electrons. The van der Waals surface area contributed by atoms with Gasteiger partial charge in [-0.2, -0.15) is 0 Å². The van der Waals surface area contributed by atoms with Crippen LogP contribution in [-0.2, 0) is 22.9 Å². The molecule has 0 spiro atoms. The molecule has 1 atom stereocenters. The maximum Gasteiger partial charge on any atom is 0.268 e. The molecule has 4 aromatic rings. The second kappa shape index (κ2) is 6.60. The van der Waals surface area contributed by atoms with E-state index >= 15 is 0 Å². The first kappa shape index (κ1) is 18.2. The van der Waals surface area contributed by atoms with Crippen LogP contribution in [0.25, 0.3) is 10.9 Å². The lowest BCUT2D eigenvalue weighted by Crippen LogP contribution is -2.16. The molecule has 1 aliphatic carbocycles. The van der Waals surface area contributed by atoms with E-state index in [9.17, 15) is 8.42 Å². The van der Waals surface area contributed by atoms with Gasteiger partial charge in [0.05, 0.1) is 10.4 Å². The maximum absolute atomic E-state index is 13.7. The minimum Gasteiger partial charge on any atom is -0.238 e. The van der Waals surface area contributed by atoms with Crippen LogP contribution >= 0.6 is 0 Å². The predicted octanol–water partition coefficient (Wildman–Crippen LogP) is 5.38. The van der Waals surface area contributed by atoms with Crippen molar-refractivity contribution in [2.75, 3.05) is 0 Å². The Labute approximate surface area is 171 Å². The highest BCUT2D eigenvalue weighted by atomic mass is 32.2. The molecule has 5 rings (SSSR count). The van der Waals surface area contributed by atoms with Crippen LogP contribution in [0.2, 0.25) is 0 Å². The van der Waals surface area contributed by atoms with Crippen molar-refractivity contribution in [1.29, 1.82) is 0 Å². The van der Waals surface area contributed by atoms with Gasteiger partial charge in [-0.15, -0.1) is 0 Å². The minimum atomic E-state index is -3.67. The predicted molar refractivity (Wildman–Crippen MR) is 117 cm³/mol. The van der Waals surface area contributed by atoms with Gasteiger partial charge in [0, 0.05) is 11.1 Å². The van der Waals surface area contributed by atoms with Gasteiger partial charge >= 0.3 is 0 Å². The Morgan fingerprint density at radius 3 is 2.24 bits per heavy atom. The van der Waals surface area contributed by atoms with E-state index in [4.69, 9.17) is 0 Å². The van der Waals surface area contributed by atoms with Gasteiger partial charge in [0.15, 0.2) is 0 Å². The molecule has 1 aromatic heterocycles. The lowest BCUT2D eigenvalue weighted by Gasteiger charge is -2.14. The summed E-state index contributed by atoms with van der Waals surface area (Å²) in [6, 6.07) is 23.6. The highest BCUT2D eigenvalue weighted by molar-refractivity contribution is 7.90. The van der Waals surface area contributed by atoms with Crippen molar-refractivity contribution in [1.82, 2.24) is 3.97 Å². The smallest absolute Gasteiger partial charge is 0.238 e. The second-order valence-electron chi connectivity index (χ2n) is 8.04. The summed E-state index contributed by atoms with van der Waals surface area (Å²) in [6.45, 7) is 4.02. The van der Waals surface area contributed by atoms with Gasteiger partial charge in [0.25, 0.3) is 10.0 Å². The molecule has 1 unspecified atom stereocenters. The van der Waals surface area contributed by atoms with Crippen molar-refractivity contribution in [2.24, 2.45) is 0 Å². The summed E-state index contributed by atoms with van der Waals surface area (Å²) < 4.78 is 28.9. The van der Waals surface area contributed by atoms with Crippen LogP contribution < -0.4 is 0 Å². The average Bonchev–Trinajstić information content (AvgIpc) is 3.26. The van der Waals surface area contributed by atoms with Gasteiger partial charge in [0.1, 0.15) is 0 Å². The number of nitrogens with zero attached hydrogens (tertiary/aromatic N) is 1. The molecule has 0 bridgehead atoms. The SMILES string of the molecule is Cc1ccc(S(=O)(=O)n2c3c(c4cc(C)ccc42)CC(c2ccccc2)C3)cc1. The van der Waals surface area contributed by atoms with E-state index in [0.717, 1.165) is 40.6 Å². The number of fused-ring (bicyclic) bond motifs is 3. The van der Waals surface area contributed by atoms with Crippen LogP contribution in [-0.4, -0.2) is 12.4 Å². The molecule has 3 aromatic carbocycles. The summed E-state index contributed by atoms with van der Waals surface area (Å²) in [5, 5.41) is 1.06. The molecule has 0 saturated carbocycles. The number of aromatic nitrogens is 1. The molecule has 0 amide bonds. The van der Waals surface area contributed by atoms with E-state index in [1.165, 1.54) is 11.1 Å². The third kappa shape index (κ3) is 2.90. The Balaban J connectivity index is 1.72. The fourth-order valence-corrected chi connectivity index (χ4v) is 6.11. The van der Waals surface area contributed by atoms with Crippen LogP contribution in [0, 0.1) is 13.8 Å². The number of rotatable bonds is 3. The van der Waals surface area contributed by atoms with Crippen molar-refractivity contribution in [2.45, 2.75) is 37.5 Å². The van der Waals surface area contributed by atoms with Crippen molar-refractivity contribution < 1.29 is 8.42 Å². The standard InChI is InChI=1S/C25H23NO2S/c1-17-8-11-21(12-9-17)29(27,28)26-24-13-10-18(2)14-22(24)23-15-20(16-25(23)26)19-6-4-3-5-7-19/h3-14,20H,15-16H2,1-2H3. The third-order valence-electron chi connectivity index (χ3n) is 6.01. The van der Waals surface area contributed by atoms with Crippen LogP contribution in [0.3, 0.4) is 0 Å². The zero-order valence-corrected chi connectivity index (χ0v) is 17.4. The van der Waals surface area contributed by atoms with Crippen LogP contribution in [0.4, 0.5) is 0 Å². The molecule has 0 saturated heterocycles. The van der Waals surface area contributed by atoms with Crippen molar-refractivity contribution in [3.63, 3.8) is 0 Å². The summed E-state index contributed by atoms with van der Waals surface area (Å²) in [5.41, 5.74) is 6.35. The van der Waals surface area contributed by atoms with Crippen molar-refractivity contribution >= 4 is 20.9 Å². The van der Waals surface area contributed by atoms with Gasteiger partial charge in [-0.25, -0.2) is 12.4 Å². The molecule has 0 N–H and O–H groups in total.